The van der Waals surface area contributed by atoms with Gasteiger partial charge < -0.3 is 0 Å². The number of nitrogens with one attached hydrogen (secondary N) is 1. The van der Waals surface area contributed by atoms with Crippen molar-refractivity contribution in [2.45, 2.75) is 10.2 Å². The van der Waals surface area contributed by atoms with Crippen molar-refractivity contribution in [2.24, 2.45) is 0 Å². The van der Waals surface area contributed by atoms with Crippen molar-refractivity contribution in [3.05, 3.63) is 48.0 Å². The molecular weight excluding hydrogens is 358 g/mol. The van der Waals surface area contributed by atoms with Crippen molar-refractivity contribution in [2.75, 3.05) is 4.72 Å². The molecule has 0 saturated heterocycles. The van der Waals surface area contributed by atoms with E-state index in [1.165, 1.54) is 0 Å². The molecule has 3 rings (SSSR count). The zero-order chi connectivity index (χ0) is 14.9. The van der Waals surface area contributed by atoms with Gasteiger partial charge in [0.1, 0.15) is 5.52 Å². The van der Waals surface area contributed by atoms with Crippen LogP contribution in [0.15, 0.2) is 52.0 Å². The zero-order valence-corrected chi connectivity index (χ0v) is 13.1. The minimum atomic E-state index is -3.68. The second kappa shape index (κ2) is 5.45. The van der Waals surface area contributed by atoms with Crippen molar-refractivity contribution >= 4 is 42.7 Å². The van der Waals surface area contributed by atoms with E-state index >= 15 is 0 Å². The number of alkyl halides is 1. The van der Waals surface area contributed by atoms with E-state index < -0.39 is 10.0 Å². The fourth-order valence-electron chi connectivity index (χ4n) is 1.85. The van der Waals surface area contributed by atoms with Crippen LogP contribution < -0.4 is 4.72 Å². The Morgan fingerprint density at radius 2 is 1.86 bits per heavy atom. The molecule has 8 heteroatoms. The lowest BCUT2D eigenvalue weighted by Gasteiger charge is -2.08. The van der Waals surface area contributed by atoms with Crippen LogP contribution in [0.25, 0.3) is 11.0 Å². The summed E-state index contributed by atoms with van der Waals surface area (Å²) < 4.78 is 31.8. The van der Waals surface area contributed by atoms with E-state index in [0.717, 1.165) is 5.56 Å². The summed E-state index contributed by atoms with van der Waals surface area (Å²) in [6.07, 6.45) is 0. The van der Waals surface area contributed by atoms with Gasteiger partial charge in [-0.05, 0) is 40.1 Å². The summed E-state index contributed by atoms with van der Waals surface area (Å²) >= 11 is 3.32. The molecule has 0 aliphatic carbocycles. The second-order valence-electron chi connectivity index (χ2n) is 4.32. The monoisotopic (exact) mass is 367 g/mol. The van der Waals surface area contributed by atoms with E-state index in [9.17, 15) is 8.42 Å². The normalized spacial score (nSPS) is 11.7. The third-order valence-electron chi connectivity index (χ3n) is 2.92. The van der Waals surface area contributed by atoms with Gasteiger partial charge in [-0.1, -0.05) is 34.1 Å². The van der Waals surface area contributed by atoms with E-state index in [1.54, 1.807) is 42.5 Å². The second-order valence-corrected chi connectivity index (χ2v) is 6.56. The Hall–Kier alpha value is -1.93. The lowest BCUT2D eigenvalue weighted by atomic mass is 10.2. The molecule has 0 saturated carbocycles. The topological polar surface area (TPSA) is 85.1 Å². The van der Waals surface area contributed by atoms with E-state index in [2.05, 4.69) is 35.6 Å². The van der Waals surface area contributed by atoms with E-state index in [-0.39, 0.29) is 4.90 Å². The molecule has 21 heavy (non-hydrogen) atoms. The predicted molar refractivity (Wildman–Crippen MR) is 81.7 cm³/mol. The minimum absolute atomic E-state index is 0.181. The number of sulfonamides is 1. The first-order chi connectivity index (χ1) is 10.1. The Kier molecular flexibility index (Phi) is 3.64. The van der Waals surface area contributed by atoms with Crippen LogP contribution in [0.5, 0.6) is 0 Å². The third-order valence-corrected chi connectivity index (χ3v) is 4.95. The number of nitrogens with zero attached hydrogens (tertiary/aromatic N) is 2. The van der Waals surface area contributed by atoms with Crippen LogP contribution in [0.4, 0.5) is 5.69 Å². The number of halogens is 1. The summed E-state index contributed by atoms with van der Waals surface area (Å²) in [5.41, 5.74) is 2.19. The molecule has 1 heterocycles. The van der Waals surface area contributed by atoms with Gasteiger partial charge in [0.2, 0.25) is 0 Å². The van der Waals surface area contributed by atoms with Crippen LogP contribution in [0.3, 0.4) is 0 Å². The lowest BCUT2D eigenvalue weighted by Crippen LogP contribution is -2.13. The number of anilines is 1. The molecule has 1 N–H and O–H groups in total. The summed E-state index contributed by atoms with van der Waals surface area (Å²) in [5.74, 6) is 0. The average molecular weight is 368 g/mol. The molecule has 108 valence electrons. The Labute approximate surface area is 129 Å². The Balaban J connectivity index is 1.97. The Morgan fingerprint density at radius 1 is 1.10 bits per heavy atom. The number of benzene rings is 2. The Morgan fingerprint density at radius 3 is 2.57 bits per heavy atom. The molecule has 0 aliphatic heterocycles. The predicted octanol–water partition coefficient (Wildman–Crippen LogP) is 2.92. The van der Waals surface area contributed by atoms with E-state index in [1.807, 2.05) is 0 Å². The molecular formula is C13H10BrN3O3S. The van der Waals surface area contributed by atoms with Crippen LogP contribution in [-0.2, 0) is 15.4 Å². The molecule has 2 aromatic carbocycles. The van der Waals surface area contributed by atoms with Gasteiger partial charge in [0.25, 0.3) is 10.0 Å². The molecule has 6 nitrogen and oxygen atoms in total. The molecule has 1 aromatic heterocycles. The largest absolute Gasteiger partial charge is 0.277 e. The number of rotatable bonds is 4. The fraction of sp³-hybridized carbons (Fsp3) is 0.0769. The van der Waals surface area contributed by atoms with Gasteiger partial charge in [-0.25, -0.2) is 13.0 Å². The highest BCUT2D eigenvalue weighted by Gasteiger charge is 2.17. The smallest absolute Gasteiger partial charge is 0.261 e. The number of hydrogen-bond acceptors (Lipinski definition) is 5. The van der Waals surface area contributed by atoms with Crippen molar-refractivity contribution in [3.63, 3.8) is 0 Å². The first-order valence-electron chi connectivity index (χ1n) is 5.99. The van der Waals surface area contributed by atoms with Gasteiger partial charge in [0.15, 0.2) is 5.52 Å². The van der Waals surface area contributed by atoms with Gasteiger partial charge in [-0.2, -0.15) is 0 Å². The minimum Gasteiger partial charge on any atom is -0.277 e. The average Bonchev–Trinajstić information content (AvgIpc) is 2.97. The van der Waals surface area contributed by atoms with Crippen LogP contribution in [0.2, 0.25) is 0 Å². The maximum absolute atomic E-state index is 12.4. The highest BCUT2D eigenvalue weighted by molar-refractivity contribution is 9.08. The highest BCUT2D eigenvalue weighted by atomic mass is 79.9. The van der Waals surface area contributed by atoms with Gasteiger partial charge in [-0.3, -0.25) is 4.72 Å². The number of aromatic nitrogens is 2. The maximum atomic E-state index is 12.4. The van der Waals surface area contributed by atoms with E-state index in [4.69, 9.17) is 0 Å². The number of hydrogen-bond donors (Lipinski definition) is 1. The molecule has 0 aliphatic rings. The van der Waals surface area contributed by atoms with Gasteiger partial charge in [0.05, 0.1) is 10.6 Å². The summed E-state index contributed by atoms with van der Waals surface area (Å²) in [6.45, 7) is 0. The van der Waals surface area contributed by atoms with Crippen molar-refractivity contribution in [1.82, 2.24) is 10.3 Å². The molecule has 0 unspecified atom stereocenters. The molecule has 0 atom stereocenters. The summed E-state index contributed by atoms with van der Waals surface area (Å²) in [4.78, 5) is 0.181. The molecule has 0 spiro atoms. The number of fused-ring (bicyclic) bond motifs is 1. The SMILES string of the molecule is O=S(=O)(Nc1cccc2nonc12)c1ccc(CBr)cc1. The maximum Gasteiger partial charge on any atom is 0.261 e. The Bertz CT molecular complexity index is 875. The molecule has 0 radical (unpaired) electrons. The molecule has 3 aromatic rings. The van der Waals surface area contributed by atoms with Crippen LogP contribution in [0.1, 0.15) is 5.56 Å². The van der Waals surface area contributed by atoms with Crippen LogP contribution in [0, 0.1) is 0 Å². The van der Waals surface area contributed by atoms with Crippen LogP contribution in [-0.4, -0.2) is 18.7 Å². The standard InChI is InChI=1S/C13H10BrN3O3S/c14-8-9-4-6-10(7-5-9)21(18,19)17-12-3-1-2-11-13(12)16-20-15-11/h1-7,17H,8H2. The van der Waals surface area contributed by atoms with Gasteiger partial charge in [0, 0.05) is 5.33 Å². The molecule has 0 bridgehead atoms. The first-order valence-corrected chi connectivity index (χ1v) is 8.59. The van der Waals surface area contributed by atoms with Crippen molar-refractivity contribution in [3.8, 4) is 0 Å². The molecule has 0 amide bonds. The van der Waals surface area contributed by atoms with Crippen molar-refractivity contribution < 1.29 is 13.0 Å². The lowest BCUT2D eigenvalue weighted by molar-refractivity contribution is 0.315. The summed E-state index contributed by atoms with van der Waals surface area (Å²) in [7, 11) is -3.68. The first kappa shape index (κ1) is 14.0. The summed E-state index contributed by atoms with van der Waals surface area (Å²) in [6, 6.07) is 11.6. The third kappa shape index (κ3) is 2.77. The quantitative estimate of drug-likeness (QED) is 0.716. The molecule has 0 fully saturated rings. The summed E-state index contributed by atoms with van der Waals surface area (Å²) in [5, 5.41) is 8.05. The van der Waals surface area contributed by atoms with Crippen LogP contribution >= 0.6 is 15.9 Å². The zero-order valence-electron chi connectivity index (χ0n) is 10.7. The highest BCUT2D eigenvalue weighted by Crippen LogP contribution is 2.23. The fourth-order valence-corrected chi connectivity index (χ4v) is 3.29. The van der Waals surface area contributed by atoms with Crippen molar-refractivity contribution in [1.29, 1.82) is 0 Å². The van der Waals surface area contributed by atoms with Gasteiger partial charge >= 0.3 is 0 Å². The van der Waals surface area contributed by atoms with E-state index in [0.29, 0.717) is 22.1 Å². The van der Waals surface area contributed by atoms with Gasteiger partial charge in [-0.15, -0.1) is 0 Å².